The Morgan fingerprint density at radius 3 is 2.71 bits per heavy atom. The van der Waals surface area contributed by atoms with Gasteiger partial charge in [0.1, 0.15) is 0 Å². The van der Waals surface area contributed by atoms with Gasteiger partial charge < -0.3 is 0 Å². The molecular weight excluding hydrogens is 235 g/mol. The Kier molecular flexibility index (Phi) is 3.01. The molecule has 2 aromatic rings. The molecule has 0 unspecified atom stereocenters. The summed E-state index contributed by atoms with van der Waals surface area (Å²) in [4.78, 5) is 0. The van der Waals surface area contributed by atoms with Crippen molar-refractivity contribution in [1.82, 2.24) is 0 Å². The Labute approximate surface area is 97.5 Å². The van der Waals surface area contributed by atoms with Gasteiger partial charge in [0.15, 0.2) is 0 Å². The van der Waals surface area contributed by atoms with Gasteiger partial charge in [0.2, 0.25) is 0 Å². The zero-order valence-corrected chi connectivity index (χ0v) is 10.1. The highest BCUT2D eigenvalue weighted by Gasteiger charge is 2.09. The molecule has 0 saturated carbocycles. The van der Waals surface area contributed by atoms with Gasteiger partial charge in [-0.15, -0.1) is 22.9 Å². The molecule has 0 aliphatic carbocycles. The maximum absolute atomic E-state index is 6.17. The van der Waals surface area contributed by atoms with Gasteiger partial charge >= 0.3 is 0 Å². The normalized spacial score (nSPS) is 11.1. The Morgan fingerprint density at radius 1 is 1.29 bits per heavy atom. The topological polar surface area (TPSA) is 0 Å². The second-order valence-electron chi connectivity index (χ2n) is 3.16. The number of aryl methyl sites for hydroxylation is 1. The lowest BCUT2D eigenvalue weighted by Crippen LogP contribution is -1.81. The first kappa shape index (κ1) is 10.3. The number of thiophene rings is 1. The maximum Gasteiger partial charge on any atom is 0.0495 e. The number of benzene rings is 1. The molecule has 0 aliphatic rings. The summed E-state index contributed by atoms with van der Waals surface area (Å²) in [6.45, 7) is 2.14. The number of halogens is 2. The average molecular weight is 245 g/mol. The molecule has 0 bridgehead atoms. The standard InChI is InChI=1S/C11H10Cl2S/c1-2-7-6-14-11-8(5-12)3-4-9(13)10(7)11/h3-4,6H,2,5H2,1H3. The molecule has 0 fully saturated rings. The Bertz CT molecular complexity index is 460. The van der Waals surface area contributed by atoms with Crippen molar-refractivity contribution in [2.24, 2.45) is 0 Å². The van der Waals surface area contributed by atoms with Gasteiger partial charge in [-0.2, -0.15) is 0 Å². The van der Waals surface area contributed by atoms with Crippen LogP contribution in [0, 0.1) is 0 Å². The van der Waals surface area contributed by atoms with Crippen LogP contribution in [0.25, 0.3) is 10.1 Å². The fraction of sp³-hybridized carbons (Fsp3) is 0.273. The van der Waals surface area contributed by atoms with E-state index in [0.717, 1.165) is 11.4 Å². The molecule has 0 nitrogen and oxygen atoms in total. The van der Waals surface area contributed by atoms with Crippen LogP contribution in [0.3, 0.4) is 0 Å². The summed E-state index contributed by atoms with van der Waals surface area (Å²) in [6.07, 6.45) is 1.02. The molecule has 0 saturated heterocycles. The molecule has 1 heterocycles. The highest BCUT2D eigenvalue weighted by molar-refractivity contribution is 7.17. The van der Waals surface area contributed by atoms with Gasteiger partial charge in [-0.05, 0) is 29.0 Å². The van der Waals surface area contributed by atoms with Gasteiger partial charge in [0.25, 0.3) is 0 Å². The summed E-state index contributed by atoms with van der Waals surface area (Å²) in [5, 5.41) is 4.20. The van der Waals surface area contributed by atoms with Crippen LogP contribution in [-0.4, -0.2) is 0 Å². The first-order chi connectivity index (χ1) is 6.77. The lowest BCUT2D eigenvalue weighted by atomic mass is 10.1. The first-order valence-electron chi connectivity index (χ1n) is 4.51. The Balaban J connectivity index is 2.80. The molecule has 14 heavy (non-hydrogen) atoms. The van der Waals surface area contributed by atoms with Crippen LogP contribution in [0.2, 0.25) is 5.02 Å². The van der Waals surface area contributed by atoms with E-state index < -0.39 is 0 Å². The molecule has 3 heteroatoms. The summed E-state index contributed by atoms with van der Waals surface area (Å²) in [5.74, 6) is 0.553. The average Bonchev–Trinajstić information content (AvgIpc) is 2.63. The minimum absolute atomic E-state index is 0.553. The predicted molar refractivity (Wildman–Crippen MR) is 65.8 cm³/mol. The monoisotopic (exact) mass is 244 g/mol. The van der Waals surface area contributed by atoms with Gasteiger partial charge in [-0.25, -0.2) is 0 Å². The van der Waals surface area contributed by atoms with Crippen LogP contribution < -0.4 is 0 Å². The van der Waals surface area contributed by atoms with E-state index in [9.17, 15) is 0 Å². The van der Waals surface area contributed by atoms with Gasteiger partial charge in [0, 0.05) is 21.0 Å². The third-order valence-corrected chi connectivity index (χ3v) is 4.06. The number of hydrogen-bond acceptors (Lipinski definition) is 1. The van der Waals surface area contributed by atoms with Crippen molar-refractivity contribution < 1.29 is 0 Å². The third-order valence-electron chi connectivity index (χ3n) is 2.35. The van der Waals surface area contributed by atoms with E-state index in [1.165, 1.54) is 21.2 Å². The summed E-state index contributed by atoms with van der Waals surface area (Å²) < 4.78 is 1.24. The molecule has 0 radical (unpaired) electrons. The van der Waals surface area contributed by atoms with E-state index in [-0.39, 0.29) is 0 Å². The lowest BCUT2D eigenvalue weighted by molar-refractivity contribution is 1.17. The fourth-order valence-corrected chi connectivity index (χ4v) is 3.42. The lowest BCUT2D eigenvalue weighted by Gasteiger charge is -2.01. The number of alkyl halides is 1. The summed E-state index contributed by atoms with van der Waals surface area (Å²) in [5.41, 5.74) is 2.50. The largest absolute Gasteiger partial charge is 0.143 e. The molecular formula is C11H10Cl2S. The van der Waals surface area contributed by atoms with Crippen LogP contribution in [0.4, 0.5) is 0 Å². The van der Waals surface area contributed by atoms with Crippen molar-refractivity contribution in [3.8, 4) is 0 Å². The molecule has 1 aromatic heterocycles. The third kappa shape index (κ3) is 1.54. The molecule has 0 atom stereocenters. The Morgan fingerprint density at radius 2 is 2.07 bits per heavy atom. The van der Waals surface area contributed by atoms with Gasteiger partial charge in [-0.3, -0.25) is 0 Å². The van der Waals surface area contributed by atoms with E-state index >= 15 is 0 Å². The van der Waals surface area contributed by atoms with Crippen molar-refractivity contribution in [2.75, 3.05) is 0 Å². The smallest absolute Gasteiger partial charge is 0.0495 e. The summed E-state index contributed by atoms with van der Waals surface area (Å²) in [7, 11) is 0. The van der Waals surface area contributed by atoms with Crippen molar-refractivity contribution >= 4 is 44.6 Å². The minimum atomic E-state index is 0.553. The summed E-state index contributed by atoms with van der Waals surface area (Å²) >= 11 is 13.8. The van der Waals surface area contributed by atoms with Crippen LogP contribution in [0.5, 0.6) is 0 Å². The molecule has 1 aromatic carbocycles. The highest BCUT2D eigenvalue weighted by Crippen LogP contribution is 2.35. The van der Waals surface area contributed by atoms with E-state index in [2.05, 4.69) is 12.3 Å². The number of fused-ring (bicyclic) bond motifs is 1. The van der Waals surface area contributed by atoms with E-state index in [1.54, 1.807) is 11.3 Å². The van der Waals surface area contributed by atoms with E-state index in [0.29, 0.717) is 5.88 Å². The van der Waals surface area contributed by atoms with Crippen molar-refractivity contribution in [1.29, 1.82) is 0 Å². The van der Waals surface area contributed by atoms with Crippen molar-refractivity contribution in [3.63, 3.8) is 0 Å². The van der Waals surface area contributed by atoms with Crippen LogP contribution >= 0.6 is 34.5 Å². The summed E-state index contributed by atoms with van der Waals surface area (Å²) in [6, 6.07) is 3.95. The number of rotatable bonds is 2. The highest BCUT2D eigenvalue weighted by atomic mass is 35.5. The molecule has 0 spiro atoms. The second kappa shape index (κ2) is 4.09. The SMILES string of the molecule is CCc1csc2c(CCl)ccc(Cl)c12. The first-order valence-corrected chi connectivity index (χ1v) is 6.30. The van der Waals surface area contributed by atoms with E-state index in [1.807, 2.05) is 12.1 Å². The van der Waals surface area contributed by atoms with Gasteiger partial charge in [0.05, 0.1) is 0 Å². The van der Waals surface area contributed by atoms with Crippen LogP contribution in [0.15, 0.2) is 17.5 Å². The Hall–Kier alpha value is -0.240. The van der Waals surface area contributed by atoms with Crippen LogP contribution in [0.1, 0.15) is 18.1 Å². The molecule has 2 rings (SSSR count). The zero-order valence-electron chi connectivity index (χ0n) is 7.81. The number of hydrogen-bond donors (Lipinski definition) is 0. The fourth-order valence-electron chi connectivity index (χ4n) is 1.59. The minimum Gasteiger partial charge on any atom is -0.143 e. The second-order valence-corrected chi connectivity index (χ2v) is 4.71. The molecule has 0 aliphatic heterocycles. The maximum atomic E-state index is 6.17. The van der Waals surface area contributed by atoms with Crippen molar-refractivity contribution in [2.45, 2.75) is 19.2 Å². The molecule has 0 amide bonds. The quantitative estimate of drug-likeness (QED) is 0.663. The van der Waals surface area contributed by atoms with E-state index in [4.69, 9.17) is 23.2 Å². The molecule has 74 valence electrons. The van der Waals surface area contributed by atoms with Crippen molar-refractivity contribution in [3.05, 3.63) is 33.7 Å². The molecule has 0 N–H and O–H groups in total. The predicted octanol–water partition coefficient (Wildman–Crippen LogP) is 4.86. The van der Waals surface area contributed by atoms with Gasteiger partial charge in [-0.1, -0.05) is 24.6 Å². The zero-order chi connectivity index (χ0) is 10.1. The van der Waals surface area contributed by atoms with Crippen LogP contribution in [-0.2, 0) is 12.3 Å².